The van der Waals surface area contributed by atoms with Crippen LogP contribution in [0.3, 0.4) is 0 Å². The van der Waals surface area contributed by atoms with Gasteiger partial charge in [-0.05, 0) is 95.5 Å². The molecule has 0 saturated carbocycles. The average Bonchev–Trinajstić information content (AvgIpc) is 3.55. The molecule has 0 fully saturated rings. The summed E-state index contributed by atoms with van der Waals surface area (Å²) in [4.78, 5) is 0. The lowest BCUT2D eigenvalue weighted by Crippen LogP contribution is -1.93. The number of rotatable bonds is 4. The van der Waals surface area contributed by atoms with Gasteiger partial charge in [-0.1, -0.05) is 158 Å². The van der Waals surface area contributed by atoms with Crippen molar-refractivity contribution in [2.24, 2.45) is 0 Å². The zero-order valence-electron chi connectivity index (χ0n) is 27.7. The third kappa shape index (κ3) is 4.40. The van der Waals surface area contributed by atoms with Gasteiger partial charge in [-0.3, -0.25) is 0 Å². The normalized spacial score (nSPS) is 12.0. The van der Waals surface area contributed by atoms with Gasteiger partial charge in [0.25, 0.3) is 0 Å². The van der Waals surface area contributed by atoms with Gasteiger partial charge in [0.05, 0.1) is 1.37 Å². The van der Waals surface area contributed by atoms with Crippen molar-refractivity contribution in [2.45, 2.75) is 0 Å². The molecule has 228 valence electrons. The molecule has 0 aliphatic carbocycles. The van der Waals surface area contributed by atoms with Crippen LogP contribution in [0.25, 0.3) is 98.8 Å². The van der Waals surface area contributed by atoms with E-state index >= 15 is 0 Å². The Morgan fingerprint density at radius 1 is 0.347 bits per heavy atom. The summed E-state index contributed by atoms with van der Waals surface area (Å²) in [5.41, 5.74) is 11.2. The lowest BCUT2D eigenvalue weighted by Gasteiger charge is -2.20. The molecule has 0 amide bonds. The number of hydrogen-bond acceptors (Lipinski definition) is 1. The molecule has 0 N–H and O–H groups in total. The molecule has 49 heavy (non-hydrogen) atoms. The van der Waals surface area contributed by atoms with E-state index in [1.165, 1.54) is 49.4 Å². The summed E-state index contributed by atoms with van der Waals surface area (Å²) < 4.78 is 14.7. The van der Waals surface area contributed by atoms with Crippen LogP contribution in [-0.2, 0) is 0 Å². The SMILES string of the molecule is [2H]c1ccc2cc(-c3ccccc3-c3c4ccccc4c(-c4cc(-c5ccccc5)c5oc6ccccc6c5c4)c4ccccc34)ccc2c1. The Hall–Kier alpha value is -6.44. The van der Waals surface area contributed by atoms with Crippen LogP contribution < -0.4 is 0 Å². The van der Waals surface area contributed by atoms with Crippen LogP contribution in [0.1, 0.15) is 1.37 Å². The minimum absolute atomic E-state index is 0.527. The monoisotopic (exact) mass is 623 g/mol. The Balaban J connectivity index is 1.29. The van der Waals surface area contributed by atoms with E-state index in [-0.39, 0.29) is 0 Å². The predicted molar refractivity (Wildman–Crippen MR) is 208 cm³/mol. The van der Waals surface area contributed by atoms with Crippen LogP contribution in [0.15, 0.2) is 186 Å². The van der Waals surface area contributed by atoms with E-state index in [9.17, 15) is 0 Å². The number of fused-ring (bicyclic) bond motifs is 6. The van der Waals surface area contributed by atoms with Gasteiger partial charge >= 0.3 is 0 Å². The lowest BCUT2D eigenvalue weighted by atomic mass is 9.83. The van der Waals surface area contributed by atoms with E-state index in [0.717, 1.165) is 49.4 Å². The van der Waals surface area contributed by atoms with Crippen LogP contribution in [0.5, 0.6) is 0 Å². The van der Waals surface area contributed by atoms with Crippen LogP contribution in [-0.4, -0.2) is 0 Å². The molecule has 9 aromatic carbocycles. The Bertz CT molecular complexity index is 2880. The van der Waals surface area contributed by atoms with E-state index in [2.05, 4.69) is 152 Å². The van der Waals surface area contributed by atoms with Crippen LogP contribution >= 0.6 is 0 Å². The highest BCUT2D eigenvalue weighted by Crippen LogP contribution is 2.48. The molecule has 0 aliphatic rings. The fourth-order valence-corrected chi connectivity index (χ4v) is 7.78. The predicted octanol–water partition coefficient (Wildman–Crippen LogP) is 13.7. The average molecular weight is 624 g/mol. The second-order valence-corrected chi connectivity index (χ2v) is 12.7. The summed E-state index contributed by atoms with van der Waals surface area (Å²) >= 11 is 0. The Kier molecular flexibility index (Phi) is 6.02. The highest BCUT2D eigenvalue weighted by atomic mass is 16.3. The van der Waals surface area contributed by atoms with Gasteiger partial charge in [0.15, 0.2) is 0 Å². The molecule has 1 heteroatoms. The van der Waals surface area contributed by atoms with E-state index in [4.69, 9.17) is 5.79 Å². The van der Waals surface area contributed by atoms with E-state index in [1.807, 2.05) is 24.3 Å². The number of para-hydroxylation sites is 1. The number of benzene rings is 9. The summed E-state index contributed by atoms with van der Waals surface area (Å²) in [6.45, 7) is 0. The van der Waals surface area contributed by atoms with Crippen LogP contribution in [0, 0.1) is 0 Å². The minimum Gasteiger partial charge on any atom is -0.455 e. The second-order valence-electron chi connectivity index (χ2n) is 12.7. The zero-order valence-corrected chi connectivity index (χ0v) is 26.7. The maximum Gasteiger partial charge on any atom is 0.143 e. The molecule has 0 spiro atoms. The quantitative estimate of drug-likeness (QED) is 0.178. The first-order valence-corrected chi connectivity index (χ1v) is 16.8. The van der Waals surface area contributed by atoms with Gasteiger partial charge in [-0.15, -0.1) is 0 Å². The first-order valence-electron chi connectivity index (χ1n) is 17.3. The molecule has 0 aliphatic heterocycles. The number of furan rings is 1. The third-order valence-electron chi connectivity index (χ3n) is 9.98. The van der Waals surface area contributed by atoms with Crippen molar-refractivity contribution in [1.29, 1.82) is 0 Å². The number of hydrogen-bond donors (Lipinski definition) is 0. The summed E-state index contributed by atoms with van der Waals surface area (Å²) in [6.07, 6.45) is 0. The van der Waals surface area contributed by atoms with Gasteiger partial charge in [0.2, 0.25) is 0 Å². The van der Waals surface area contributed by atoms with Gasteiger partial charge in [0, 0.05) is 16.3 Å². The summed E-state index contributed by atoms with van der Waals surface area (Å²) in [7, 11) is 0. The Morgan fingerprint density at radius 3 is 1.73 bits per heavy atom. The van der Waals surface area contributed by atoms with Crippen molar-refractivity contribution in [2.75, 3.05) is 0 Å². The molecule has 1 aromatic heterocycles. The first-order chi connectivity index (χ1) is 24.7. The molecular formula is C48H30O. The lowest BCUT2D eigenvalue weighted by molar-refractivity contribution is 0.670. The van der Waals surface area contributed by atoms with Crippen LogP contribution in [0.2, 0.25) is 0 Å². The van der Waals surface area contributed by atoms with Gasteiger partial charge in [-0.25, -0.2) is 0 Å². The molecule has 1 heterocycles. The van der Waals surface area contributed by atoms with Gasteiger partial charge < -0.3 is 4.42 Å². The summed E-state index contributed by atoms with van der Waals surface area (Å²) in [6, 6.07) is 63.0. The standard InChI is InChI=1S/C48H30O/c1-2-15-32(16-3-1)43-29-35(30-44-37-19-12-13-25-45(37)49-48(43)44)46-39-21-8-10-23-41(39)47(42-24-11-9-22-40(42)46)38-20-7-6-18-36(38)34-27-26-31-14-4-5-17-33(31)28-34/h1-30H/i4D. The highest BCUT2D eigenvalue weighted by molar-refractivity contribution is 6.23. The van der Waals surface area contributed by atoms with Crippen LogP contribution in [0.4, 0.5) is 0 Å². The van der Waals surface area contributed by atoms with Crippen molar-refractivity contribution < 1.29 is 5.79 Å². The van der Waals surface area contributed by atoms with Crippen molar-refractivity contribution >= 4 is 54.3 Å². The van der Waals surface area contributed by atoms with E-state index in [1.54, 1.807) is 0 Å². The topological polar surface area (TPSA) is 13.1 Å². The molecule has 10 aromatic rings. The second kappa shape index (κ2) is 11.1. The van der Waals surface area contributed by atoms with E-state index in [0.29, 0.717) is 6.04 Å². The first kappa shape index (κ1) is 26.6. The molecule has 0 bridgehead atoms. The van der Waals surface area contributed by atoms with Crippen molar-refractivity contribution in [3.05, 3.63) is 182 Å². The maximum atomic E-state index is 8.09. The highest BCUT2D eigenvalue weighted by Gasteiger charge is 2.21. The fourth-order valence-electron chi connectivity index (χ4n) is 7.78. The largest absolute Gasteiger partial charge is 0.455 e. The molecular weight excluding hydrogens is 593 g/mol. The zero-order chi connectivity index (χ0) is 33.2. The summed E-state index contributed by atoms with van der Waals surface area (Å²) in [5.74, 6) is 0. The van der Waals surface area contributed by atoms with Crippen molar-refractivity contribution in [3.8, 4) is 44.5 Å². The molecule has 0 radical (unpaired) electrons. The molecule has 10 rings (SSSR count). The van der Waals surface area contributed by atoms with Crippen molar-refractivity contribution in [1.82, 2.24) is 0 Å². The minimum atomic E-state index is 0.527. The maximum absolute atomic E-state index is 8.09. The fraction of sp³-hybridized carbons (Fsp3) is 0. The van der Waals surface area contributed by atoms with Gasteiger partial charge in [-0.2, -0.15) is 0 Å². The third-order valence-corrected chi connectivity index (χ3v) is 9.98. The molecule has 0 unspecified atom stereocenters. The molecule has 1 nitrogen and oxygen atoms in total. The van der Waals surface area contributed by atoms with Crippen molar-refractivity contribution in [3.63, 3.8) is 0 Å². The molecule has 0 atom stereocenters. The molecule has 0 saturated heterocycles. The Morgan fingerprint density at radius 2 is 0.980 bits per heavy atom. The van der Waals surface area contributed by atoms with Gasteiger partial charge in [0.1, 0.15) is 11.2 Å². The Labute approximate surface area is 285 Å². The summed E-state index contributed by atoms with van der Waals surface area (Å²) in [5, 5.41) is 9.31. The smallest absolute Gasteiger partial charge is 0.143 e. The van der Waals surface area contributed by atoms with E-state index < -0.39 is 0 Å².